The maximum Gasteiger partial charge on any atom is 0.136 e. The van der Waals surface area contributed by atoms with Crippen LogP contribution in [-0.2, 0) is 4.84 Å². The molecule has 0 amide bonds. The summed E-state index contributed by atoms with van der Waals surface area (Å²) >= 11 is 5.26. The Morgan fingerprint density at radius 1 is 1.45 bits per heavy atom. The van der Waals surface area contributed by atoms with Crippen LogP contribution in [0, 0.1) is 5.41 Å². The molecule has 0 spiro atoms. The fraction of sp³-hybridized carbons (Fsp3) is 0.625. The molecular weight excluding hydrogens is 162 g/mol. The van der Waals surface area contributed by atoms with Crippen molar-refractivity contribution >= 4 is 17.8 Å². The predicted octanol–water partition coefficient (Wildman–Crippen LogP) is 2.79. The Kier molecular flexibility index (Phi) is 4.95. The summed E-state index contributed by atoms with van der Waals surface area (Å²) in [6.45, 7) is 6.59. The van der Waals surface area contributed by atoms with Gasteiger partial charge in [0.1, 0.15) is 6.61 Å². The molecule has 0 fully saturated rings. The highest BCUT2D eigenvalue weighted by atomic mass is 35.5. The highest BCUT2D eigenvalue weighted by Crippen LogP contribution is 2.08. The van der Waals surface area contributed by atoms with Crippen LogP contribution in [0.5, 0.6) is 0 Å². The van der Waals surface area contributed by atoms with Crippen molar-refractivity contribution in [3.8, 4) is 0 Å². The van der Waals surface area contributed by atoms with E-state index >= 15 is 0 Å². The van der Waals surface area contributed by atoms with Crippen LogP contribution in [0.4, 0.5) is 0 Å². The Morgan fingerprint density at radius 3 is 2.55 bits per heavy atom. The maximum atomic E-state index is 5.26. The van der Waals surface area contributed by atoms with Crippen LogP contribution in [0.3, 0.4) is 0 Å². The summed E-state index contributed by atoms with van der Waals surface area (Å²) in [6, 6.07) is 0. The van der Waals surface area contributed by atoms with Crippen molar-refractivity contribution in [2.45, 2.75) is 20.8 Å². The van der Waals surface area contributed by atoms with Gasteiger partial charge < -0.3 is 4.84 Å². The molecule has 11 heavy (non-hydrogen) atoms. The zero-order chi connectivity index (χ0) is 8.74. The average molecular weight is 176 g/mol. The lowest BCUT2D eigenvalue weighted by molar-refractivity contribution is 0.173. The third kappa shape index (κ3) is 9.50. The van der Waals surface area contributed by atoms with Crippen molar-refractivity contribution in [3.05, 3.63) is 11.6 Å². The number of oxime groups is 1. The Morgan fingerprint density at radius 2 is 2.09 bits per heavy atom. The van der Waals surface area contributed by atoms with Gasteiger partial charge in [-0.1, -0.05) is 37.5 Å². The summed E-state index contributed by atoms with van der Waals surface area (Å²) in [5.41, 5.74) is 1.48. The number of rotatable bonds is 3. The van der Waals surface area contributed by atoms with Crippen LogP contribution in [-0.4, -0.2) is 12.8 Å². The molecule has 0 aliphatic carbocycles. The lowest BCUT2D eigenvalue weighted by Crippen LogP contribution is -2.06. The highest BCUT2D eigenvalue weighted by Gasteiger charge is 2.04. The van der Waals surface area contributed by atoms with Gasteiger partial charge in [-0.3, -0.25) is 0 Å². The lowest BCUT2D eigenvalue weighted by Gasteiger charge is -2.08. The van der Waals surface area contributed by atoms with Crippen LogP contribution >= 0.6 is 11.6 Å². The fourth-order valence-electron chi connectivity index (χ4n) is 0.318. The first-order valence-corrected chi connectivity index (χ1v) is 3.91. The molecule has 0 radical (unpaired) electrons. The molecule has 0 saturated heterocycles. The molecule has 0 aliphatic rings. The predicted molar refractivity (Wildman–Crippen MR) is 48.9 cm³/mol. The van der Waals surface area contributed by atoms with E-state index in [9.17, 15) is 0 Å². The Balaban J connectivity index is 3.45. The van der Waals surface area contributed by atoms with E-state index < -0.39 is 0 Å². The number of hydrogen-bond acceptors (Lipinski definition) is 2. The van der Waals surface area contributed by atoms with Crippen molar-refractivity contribution in [2.24, 2.45) is 10.6 Å². The standard InChI is InChI=1S/C8H14ClNO/c1-8(2,3)7-10-11-6-4-5-9/h4-5,7H,6H2,1-3H3/b5-4+,10-7+. The van der Waals surface area contributed by atoms with E-state index in [-0.39, 0.29) is 5.41 Å². The molecule has 0 aromatic carbocycles. The quantitative estimate of drug-likeness (QED) is 0.367. The van der Waals surface area contributed by atoms with Gasteiger partial charge in [0.25, 0.3) is 0 Å². The smallest absolute Gasteiger partial charge is 0.136 e. The minimum atomic E-state index is 0.0741. The molecule has 0 atom stereocenters. The van der Waals surface area contributed by atoms with E-state index in [0.29, 0.717) is 6.61 Å². The topological polar surface area (TPSA) is 21.6 Å². The summed E-state index contributed by atoms with van der Waals surface area (Å²) in [5.74, 6) is 0. The van der Waals surface area contributed by atoms with Gasteiger partial charge in [-0.2, -0.15) is 0 Å². The van der Waals surface area contributed by atoms with Crippen LogP contribution in [0.2, 0.25) is 0 Å². The third-order valence-electron chi connectivity index (χ3n) is 0.774. The normalized spacial score (nSPS) is 13.1. The molecular formula is C8H14ClNO. The van der Waals surface area contributed by atoms with E-state index in [1.807, 2.05) is 0 Å². The van der Waals surface area contributed by atoms with E-state index in [1.54, 1.807) is 12.3 Å². The van der Waals surface area contributed by atoms with Crippen LogP contribution < -0.4 is 0 Å². The molecule has 0 rings (SSSR count). The SMILES string of the molecule is CC(C)(C)/C=N/OC/C=C/Cl. The van der Waals surface area contributed by atoms with Crippen LogP contribution in [0.15, 0.2) is 16.8 Å². The Labute approximate surface area is 72.9 Å². The molecule has 2 nitrogen and oxygen atoms in total. The molecule has 3 heteroatoms. The second kappa shape index (κ2) is 5.19. The third-order valence-corrected chi connectivity index (χ3v) is 0.953. The Bertz CT molecular complexity index is 147. The number of hydrogen-bond donors (Lipinski definition) is 0. The minimum absolute atomic E-state index is 0.0741. The number of halogens is 1. The monoisotopic (exact) mass is 175 g/mol. The summed E-state index contributed by atoms with van der Waals surface area (Å²) in [7, 11) is 0. The summed E-state index contributed by atoms with van der Waals surface area (Å²) in [6.07, 6.45) is 3.44. The first kappa shape index (κ1) is 10.5. The molecule has 0 N–H and O–H groups in total. The molecule has 0 bridgehead atoms. The first-order valence-electron chi connectivity index (χ1n) is 3.48. The summed E-state index contributed by atoms with van der Waals surface area (Å²) in [5, 5.41) is 3.75. The zero-order valence-corrected chi connectivity index (χ0v) is 7.93. The van der Waals surface area contributed by atoms with Crippen molar-refractivity contribution in [1.82, 2.24) is 0 Å². The fourth-order valence-corrected chi connectivity index (χ4v) is 0.391. The van der Waals surface area contributed by atoms with Crippen molar-refractivity contribution in [2.75, 3.05) is 6.61 Å². The van der Waals surface area contributed by atoms with E-state index in [2.05, 4.69) is 25.9 Å². The van der Waals surface area contributed by atoms with E-state index in [4.69, 9.17) is 16.4 Å². The van der Waals surface area contributed by atoms with E-state index in [1.165, 1.54) is 5.54 Å². The molecule has 0 unspecified atom stereocenters. The van der Waals surface area contributed by atoms with Crippen LogP contribution in [0.25, 0.3) is 0 Å². The van der Waals surface area contributed by atoms with Crippen molar-refractivity contribution in [1.29, 1.82) is 0 Å². The van der Waals surface area contributed by atoms with Gasteiger partial charge in [0.15, 0.2) is 0 Å². The molecule has 0 saturated carbocycles. The molecule has 0 aromatic heterocycles. The highest BCUT2D eigenvalue weighted by molar-refractivity contribution is 6.25. The van der Waals surface area contributed by atoms with E-state index in [0.717, 1.165) is 0 Å². The lowest BCUT2D eigenvalue weighted by atomic mass is 10.00. The molecule has 0 heterocycles. The maximum absolute atomic E-state index is 5.26. The second-order valence-corrected chi connectivity index (χ2v) is 3.51. The summed E-state index contributed by atoms with van der Waals surface area (Å²) in [4.78, 5) is 4.85. The van der Waals surface area contributed by atoms with Gasteiger partial charge in [-0.25, -0.2) is 0 Å². The van der Waals surface area contributed by atoms with Crippen molar-refractivity contribution in [3.63, 3.8) is 0 Å². The average Bonchev–Trinajstić information content (AvgIpc) is 1.85. The van der Waals surface area contributed by atoms with Gasteiger partial charge in [-0.15, -0.1) is 0 Å². The minimum Gasteiger partial charge on any atom is -0.392 e. The number of nitrogens with zero attached hydrogens (tertiary/aromatic N) is 1. The second-order valence-electron chi connectivity index (χ2n) is 3.26. The first-order chi connectivity index (χ1) is 5.06. The molecule has 0 aliphatic heterocycles. The Hall–Kier alpha value is -0.500. The molecule has 64 valence electrons. The summed E-state index contributed by atoms with van der Waals surface area (Å²) < 4.78 is 0. The van der Waals surface area contributed by atoms with Crippen molar-refractivity contribution < 1.29 is 4.84 Å². The van der Waals surface area contributed by atoms with Gasteiger partial charge in [0.2, 0.25) is 0 Å². The van der Waals surface area contributed by atoms with Gasteiger partial charge in [-0.05, 0) is 6.08 Å². The van der Waals surface area contributed by atoms with Gasteiger partial charge >= 0.3 is 0 Å². The zero-order valence-electron chi connectivity index (χ0n) is 7.17. The largest absolute Gasteiger partial charge is 0.392 e. The van der Waals surface area contributed by atoms with Gasteiger partial charge in [0.05, 0.1) is 0 Å². The van der Waals surface area contributed by atoms with Gasteiger partial charge in [0, 0.05) is 17.2 Å². The molecule has 0 aromatic rings. The van der Waals surface area contributed by atoms with Crippen LogP contribution in [0.1, 0.15) is 20.8 Å².